The Kier molecular flexibility index (Phi) is 3.19. The molecule has 0 fully saturated rings. The van der Waals surface area contributed by atoms with Crippen LogP contribution in [0, 0.1) is 0 Å². The van der Waals surface area contributed by atoms with Crippen molar-refractivity contribution < 1.29 is 14.6 Å². The van der Waals surface area contributed by atoms with Crippen molar-refractivity contribution in [2.24, 2.45) is 0 Å². The van der Waals surface area contributed by atoms with Gasteiger partial charge in [0.15, 0.2) is 0 Å². The number of fused-ring (bicyclic) bond motifs is 1. The maximum atomic E-state index is 11.3. The van der Waals surface area contributed by atoms with Crippen molar-refractivity contribution in [1.82, 2.24) is 0 Å². The molecule has 0 unspecified atom stereocenters. The van der Waals surface area contributed by atoms with Crippen molar-refractivity contribution in [3.63, 3.8) is 0 Å². The molecule has 2 rings (SSSR count). The van der Waals surface area contributed by atoms with Crippen LogP contribution in [0.5, 0.6) is 5.75 Å². The highest BCUT2D eigenvalue weighted by Crippen LogP contribution is 2.37. The van der Waals surface area contributed by atoms with Gasteiger partial charge in [0.2, 0.25) is 0 Å². The molecule has 1 aromatic carbocycles. The molecular weight excluding hydrogens is 272 g/mol. The maximum Gasteiger partial charge on any atom is 0.339 e. The summed E-state index contributed by atoms with van der Waals surface area (Å²) in [5, 5.41) is 9.28. The van der Waals surface area contributed by atoms with Crippen LogP contribution >= 0.6 is 15.9 Å². The highest BCUT2D eigenvalue weighted by molar-refractivity contribution is 9.10. The van der Waals surface area contributed by atoms with Crippen LogP contribution in [-0.4, -0.2) is 18.2 Å². The molecule has 16 heavy (non-hydrogen) atoms. The summed E-state index contributed by atoms with van der Waals surface area (Å²) in [6.07, 6.45) is 3.97. The number of halogens is 1. The number of hydrogen-bond acceptors (Lipinski definition) is 2. The molecule has 1 N–H and O–H groups in total. The molecule has 4 heteroatoms. The molecule has 0 saturated carbocycles. The molecule has 0 bridgehead atoms. The summed E-state index contributed by atoms with van der Waals surface area (Å²) < 4.78 is 5.91. The number of hydrogen-bond donors (Lipinski definition) is 1. The molecule has 0 aliphatic heterocycles. The predicted octanol–water partition coefficient (Wildman–Crippen LogP) is 3.03. The summed E-state index contributed by atoms with van der Waals surface area (Å²) in [5.41, 5.74) is 2.40. The van der Waals surface area contributed by atoms with Crippen molar-refractivity contribution in [1.29, 1.82) is 0 Å². The predicted molar refractivity (Wildman–Crippen MR) is 64.3 cm³/mol. The highest BCUT2D eigenvalue weighted by Gasteiger charge is 2.24. The van der Waals surface area contributed by atoms with Crippen molar-refractivity contribution in [2.75, 3.05) is 7.11 Å². The quantitative estimate of drug-likeness (QED) is 0.908. The van der Waals surface area contributed by atoms with Crippen LogP contribution in [0.2, 0.25) is 0 Å². The highest BCUT2D eigenvalue weighted by atomic mass is 79.9. The van der Waals surface area contributed by atoms with Gasteiger partial charge in [-0.05, 0) is 58.8 Å². The Balaban J connectivity index is 2.68. The lowest BCUT2D eigenvalue weighted by Gasteiger charge is -2.20. The number of aryl methyl sites for hydroxylation is 1. The average Bonchev–Trinajstić information content (AvgIpc) is 2.26. The molecule has 0 amide bonds. The Bertz CT molecular complexity index is 440. The third-order valence-electron chi connectivity index (χ3n) is 2.98. The normalized spacial score (nSPS) is 14.4. The van der Waals surface area contributed by atoms with E-state index in [1.807, 2.05) is 6.07 Å². The summed E-state index contributed by atoms with van der Waals surface area (Å²) >= 11 is 3.37. The molecule has 0 saturated heterocycles. The summed E-state index contributed by atoms with van der Waals surface area (Å²) in [7, 11) is 1.50. The first-order valence-electron chi connectivity index (χ1n) is 5.26. The van der Waals surface area contributed by atoms with Gasteiger partial charge in [-0.25, -0.2) is 4.79 Å². The van der Waals surface area contributed by atoms with Gasteiger partial charge < -0.3 is 9.84 Å². The first-order chi connectivity index (χ1) is 7.65. The zero-order chi connectivity index (χ0) is 11.7. The van der Waals surface area contributed by atoms with Gasteiger partial charge >= 0.3 is 5.97 Å². The Hall–Kier alpha value is -1.03. The molecule has 0 atom stereocenters. The molecular formula is C12H13BrO3. The van der Waals surface area contributed by atoms with E-state index < -0.39 is 5.97 Å². The van der Waals surface area contributed by atoms with E-state index in [4.69, 9.17) is 4.74 Å². The van der Waals surface area contributed by atoms with Crippen LogP contribution in [0.15, 0.2) is 10.5 Å². The molecule has 0 spiro atoms. The van der Waals surface area contributed by atoms with Gasteiger partial charge in [-0.15, -0.1) is 0 Å². The van der Waals surface area contributed by atoms with E-state index in [1.54, 1.807) is 0 Å². The molecule has 0 aromatic heterocycles. The van der Waals surface area contributed by atoms with Gasteiger partial charge in [-0.3, -0.25) is 0 Å². The van der Waals surface area contributed by atoms with Crippen LogP contribution in [0.3, 0.4) is 0 Å². The second kappa shape index (κ2) is 4.45. The fraction of sp³-hybridized carbons (Fsp3) is 0.417. The van der Waals surface area contributed by atoms with E-state index in [9.17, 15) is 9.90 Å². The molecule has 86 valence electrons. The zero-order valence-corrected chi connectivity index (χ0v) is 10.6. The number of carboxylic acids is 1. The van der Waals surface area contributed by atoms with Crippen LogP contribution in [0.1, 0.15) is 34.3 Å². The first kappa shape index (κ1) is 11.5. The van der Waals surface area contributed by atoms with Gasteiger partial charge in [-0.2, -0.15) is 0 Å². The van der Waals surface area contributed by atoms with Gasteiger partial charge in [0, 0.05) is 0 Å². The Morgan fingerprint density at radius 2 is 2.12 bits per heavy atom. The summed E-state index contributed by atoms with van der Waals surface area (Å²) in [6.45, 7) is 0. The molecule has 3 nitrogen and oxygen atoms in total. The van der Waals surface area contributed by atoms with Gasteiger partial charge in [0.25, 0.3) is 0 Å². The lowest BCUT2D eigenvalue weighted by atomic mass is 9.88. The number of methoxy groups -OCH3 is 1. The molecule has 1 aromatic rings. The standard InChI is InChI=1S/C12H13BrO3/c1-16-11-9(13)6-7-4-2-3-5-8(7)10(11)12(14)15/h6H,2-5H2,1H3,(H,14,15). The van der Waals surface area contributed by atoms with Crippen molar-refractivity contribution in [2.45, 2.75) is 25.7 Å². The van der Waals surface area contributed by atoms with E-state index in [0.29, 0.717) is 11.3 Å². The minimum absolute atomic E-state index is 0.326. The van der Waals surface area contributed by atoms with E-state index in [0.717, 1.165) is 41.3 Å². The Labute approximate surface area is 103 Å². The van der Waals surface area contributed by atoms with E-state index in [-0.39, 0.29) is 0 Å². The van der Waals surface area contributed by atoms with Crippen molar-refractivity contribution in [3.05, 3.63) is 27.2 Å². The second-order valence-electron chi connectivity index (χ2n) is 3.92. The number of rotatable bonds is 2. The number of aromatic carboxylic acids is 1. The van der Waals surface area contributed by atoms with Crippen LogP contribution < -0.4 is 4.74 Å². The largest absolute Gasteiger partial charge is 0.495 e. The summed E-state index contributed by atoms with van der Waals surface area (Å²) in [5.74, 6) is -0.468. The van der Waals surface area contributed by atoms with Crippen LogP contribution in [-0.2, 0) is 12.8 Å². The van der Waals surface area contributed by atoms with Crippen molar-refractivity contribution >= 4 is 21.9 Å². The fourth-order valence-corrected chi connectivity index (χ4v) is 2.91. The minimum Gasteiger partial charge on any atom is -0.495 e. The van der Waals surface area contributed by atoms with Gasteiger partial charge in [0.1, 0.15) is 11.3 Å². The zero-order valence-electron chi connectivity index (χ0n) is 9.05. The summed E-state index contributed by atoms with van der Waals surface area (Å²) in [4.78, 5) is 11.3. The molecule has 1 aliphatic rings. The number of ether oxygens (including phenoxy) is 1. The van der Waals surface area contributed by atoms with Crippen LogP contribution in [0.25, 0.3) is 0 Å². The van der Waals surface area contributed by atoms with Crippen LogP contribution in [0.4, 0.5) is 0 Å². The smallest absolute Gasteiger partial charge is 0.339 e. The monoisotopic (exact) mass is 284 g/mol. The number of carbonyl (C=O) groups is 1. The van der Waals surface area contributed by atoms with E-state index in [2.05, 4.69) is 15.9 Å². The topological polar surface area (TPSA) is 46.5 Å². The number of benzene rings is 1. The Morgan fingerprint density at radius 1 is 1.44 bits per heavy atom. The SMILES string of the molecule is COc1c(Br)cc2c(c1C(=O)O)CCCC2. The minimum atomic E-state index is -0.906. The summed E-state index contributed by atoms with van der Waals surface area (Å²) in [6, 6.07) is 1.99. The first-order valence-corrected chi connectivity index (χ1v) is 6.06. The average molecular weight is 285 g/mol. The lowest BCUT2D eigenvalue weighted by Crippen LogP contribution is -2.12. The molecule has 0 heterocycles. The Morgan fingerprint density at radius 3 is 2.75 bits per heavy atom. The van der Waals surface area contributed by atoms with E-state index >= 15 is 0 Å². The molecule has 0 radical (unpaired) electrons. The second-order valence-corrected chi connectivity index (χ2v) is 4.77. The fourth-order valence-electron chi connectivity index (χ4n) is 2.27. The number of carboxylic acid groups (broad SMARTS) is 1. The third-order valence-corrected chi connectivity index (χ3v) is 3.56. The van der Waals surface area contributed by atoms with Gasteiger partial charge in [-0.1, -0.05) is 0 Å². The third kappa shape index (κ3) is 1.82. The molecule has 1 aliphatic carbocycles. The van der Waals surface area contributed by atoms with Gasteiger partial charge in [0.05, 0.1) is 11.6 Å². The lowest BCUT2D eigenvalue weighted by molar-refractivity contribution is 0.0691. The van der Waals surface area contributed by atoms with Crippen molar-refractivity contribution in [3.8, 4) is 5.75 Å². The van der Waals surface area contributed by atoms with E-state index in [1.165, 1.54) is 7.11 Å². The maximum absolute atomic E-state index is 11.3.